The molecular formula is C32H42N4O2. The van der Waals surface area contributed by atoms with Gasteiger partial charge in [0.25, 0.3) is 0 Å². The van der Waals surface area contributed by atoms with Gasteiger partial charge in [-0.05, 0) is 89.5 Å². The number of carbonyl (C=O) groups excluding carboxylic acids is 1. The molecule has 2 bridgehead atoms. The number of likely N-dealkylation sites (N-methyl/N-ethyl adjacent to an activating group) is 1. The summed E-state index contributed by atoms with van der Waals surface area (Å²) in [6.07, 6.45) is 6.76. The van der Waals surface area contributed by atoms with Crippen molar-refractivity contribution in [2.45, 2.75) is 95.4 Å². The van der Waals surface area contributed by atoms with Gasteiger partial charge in [0.1, 0.15) is 11.4 Å². The van der Waals surface area contributed by atoms with Crippen LogP contribution in [0.2, 0.25) is 0 Å². The number of carbonyl (C=O) groups is 1. The third kappa shape index (κ3) is 4.51. The number of hydrogen-bond acceptors (Lipinski definition) is 4. The molecule has 202 valence electrons. The number of fused-ring (bicyclic) bond motifs is 4. The summed E-state index contributed by atoms with van der Waals surface area (Å²) >= 11 is 0. The Kier molecular flexibility index (Phi) is 6.29. The fourth-order valence-corrected chi connectivity index (χ4v) is 7.69. The average Bonchev–Trinajstić information content (AvgIpc) is 3.46. The van der Waals surface area contributed by atoms with E-state index >= 15 is 0 Å². The molecular weight excluding hydrogens is 472 g/mol. The number of aryl methyl sites for hydroxylation is 2. The maximum absolute atomic E-state index is 13.0. The summed E-state index contributed by atoms with van der Waals surface area (Å²) in [4.78, 5) is 22.5. The molecule has 6 nitrogen and oxygen atoms in total. The second kappa shape index (κ2) is 9.41. The second-order valence-corrected chi connectivity index (χ2v) is 13.0. The predicted molar refractivity (Wildman–Crippen MR) is 152 cm³/mol. The smallest absolute Gasteiger partial charge is 0.410 e. The highest BCUT2D eigenvalue weighted by Gasteiger charge is 2.48. The minimum Gasteiger partial charge on any atom is -0.444 e. The van der Waals surface area contributed by atoms with Crippen LogP contribution in [-0.4, -0.2) is 63.3 Å². The molecule has 2 aliphatic heterocycles. The molecule has 1 aliphatic carbocycles. The van der Waals surface area contributed by atoms with Gasteiger partial charge in [-0.1, -0.05) is 36.4 Å². The molecule has 38 heavy (non-hydrogen) atoms. The van der Waals surface area contributed by atoms with Crippen LogP contribution in [-0.2, 0) is 16.6 Å². The lowest BCUT2D eigenvalue weighted by Gasteiger charge is -2.45. The van der Waals surface area contributed by atoms with Crippen molar-refractivity contribution in [3.63, 3.8) is 0 Å². The number of benzene rings is 2. The Labute approximate surface area is 227 Å². The van der Waals surface area contributed by atoms with Crippen LogP contribution in [0.4, 0.5) is 4.79 Å². The Hall–Kier alpha value is -2.86. The monoisotopic (exact) mass is 514 g/mol. The van der Waals surface area contributed by atoms with Gasteiger partial charge in [-0.2, -0.15) is 0 Å². The van der Waals surface area contributed by atoms with E-state index in [0.29, 0.717) is 24.7 Å². The highest BCUT2D eigenvalue weighted by atomic mass is 16.6. The molecule has 1 aromatic heterocycles. The van der Waals surface area contributed by atoms with Crippen LogP contribution >= 0.6 is 0 Å². The van der Waals surface area contributed by atoms with Crippen molar-refractivity contribution < 1.29 is 9.53 Å². The number of nitrogens with zero attached hydrogens (tertiary/aromatic N) is 4. The average molecular weight is 515 g/mol. The van der Waals surface area contributed by atoms with Crippen molar-refractivity contribution in [2.24, 2.45) is 0 Å². The van der Waals surface area contributed by atoms with E-state index in [1.54, 1.807) is 0 Å². The van der Waals surface area contributed by atoms with Crippen LogP contribution in [0.15, 0.2) is 48.5 Å². The van der Waals surface area contributed by atoms with E-state index in [9.17, 15) is 4.79 Å². The Balaban J connectivity index is 1.26. The van der Waals surface area contributed by atoms with Crippen LogP contribution in [0.3, 0.4) is 0 Å². The van der Waals surface area contributed by atoms with E-state index < -0.39 is 5.60 Å². The molecule has 3 heterocycles. The van der Waals surface area contributed by atoms with Crippen LogP contribution < -0.4 is 0 Å². The molecule has 1 amide bonds. The number of imidazole rings is 1. The van der Waals surface area contributed by atoms with Gasteiger partial charge < -0.3 is 14.2 Å². The van der Waals surface area contributed by atoms with Gasteiger partial charge in [0.05, 0.1) is 11.0 Å². The second-order valence-electron chi connectivity index (χ2n) is 13.0. The fourth-order valence-electron chi connectivity index (χ4n) is 7.69. The molecule has 2 aromatic carbocycles. The Morgan fingerprint density at radius 1 is 1.05 bits per heavy atom. The highest BCUT2D eigenvalue weighted by molar-refractivity contribution is 5.76. The van der Waals surface area contributed by atoms with Crippen molar-refractivity contribution >= 4 is 17.1 Å². The first-order valence-electron chi connectivity index (χ1n) is 14.4. The number of aromatic nitrogens is 2. The molecule has 2 saturated heterocycles. The zero-order valence-electron chi connectivity index (χ0n) is 23.6. The van der Waals surface area contributed by atoms with E-state index in [1.807, 2.05) is 32.7 Å². The third-order valence-corrected chi connectivity index (χ3v) is 9.19. The van der Waals surface area contributed by atoms with Gasteiger partial charge in [0.15, 0.2) is 0 Å². The fraction of sp³-hybridized carbons (Fsp3) is 0.562. The molecule has 0 N–H and O–H groups in total. The van der Waals surface area contributed by atoms with E-state index in [4.69, 9.17) is 9.72 Å². The molecule has 0 radical (unpaired) electrons. The Morgan fingerprint density at radius 3 is 2.47 bits per heavy atom. The van der Waals surface area contributed by atoms with Crippen LogP contribution in [0.5, 0.6) is 0 Å². The summed E-state index contributed by atoms with van der Waals surface area (Å²) in [6, 6.07) is 19.1. The molecule has 0 spiro atoms. The molecule has 6 heteroatoms. The van der Waals surface area contributed by atoms with Gasteiger partial charge in [-0.3, -0.25) is 4.90 Å². The Morgan fingerprint density at radius 2 is 1.74 bits per heavy atom. The zero-order valence-corrected chi connectivity index (χ0v) is 23.6. The number of piperidine rings is 1. The summed E-state index contributed by atoms with van der Waals surface area (Å²) in [5.74, 6) is 1.13. The standard InChI is InChI=1S/C32H42N4O2/c1-22-33-28-12-8-9-13-29(28)36(22)26-18-24-14-15-25(19-26)35(24)21-32(17-16-23-10-6-7-11-27(23)32)20-34(5)30(37)38-31(2,3)4/h6-13,24-26H,14-21H2,1-5H3/t24-,25+,26?,32?. The van der Waals surface area contributed by atoms with Gasteiger partial charge in [-0.15, -0.1) is 0 Å². The summed E-state index contributed by atoms with van der Waals surface area (Å²) in [6.45, 7) is 9.66. The normalized spacial score (nSPS) is 27.0. The molecule has 0 saturated carbocycles. The van der Waals surface area contributed by atoms with E-state index in [0.717, 1.165) is 43.6 Å². The maximum atomic E-state index is 13.0. The van der Waals surface area contributed by atoms with Gasteiger partial charge in [-0.25, -0.2) is 9.78 Å². The van der Waals surface area contributed by atoms with Crippen molar-refractivity contribution in [1.29, 1.82) is 0 Å². The highest BCUT2D eigenvalue weighted by Crippen LogP contribution is 2.47. The number of ether oxygens (including phenoxy) is 1. The van der Waals surface area contributed by atoms with Crippen LogP contribution in [0.1, 0.15) is 75.9 Å². The SMILES string of the molecule is Cc1nc2ccccc2n1C1C[C@H]2CC[C@@H](C1)N2CC1(CN(C)C(=O)OC(C)(C)C)CCc2ccccc21. The predicted octanol–water partition coefficient (Wildman–Crippen LogP) is 6.26. The summed E-state index contributed by atoms with van der Waals surface area (Å²) in [5, 5.41) is 0. The van der Waals surface area contributed by atoms with Crippen molar-refractivity contribution in [3.05, 3.63) is 65.5 Å². The molecule has 2 fully saturated rings. The number of hydrogen-bond donors (Lipinski definition) is 0. The topological polar surface area (TPSA) is 50.6 Å². The van der Waals surface area contributed by atoms with Gasteiger partial charge >= 0.3 is 6.09 Å². The number of para-hydroxylation sites is 2. The summed E-state index contributed by atoms with van der Waals surface area (Å²) in [5.41, 5.74) is 4.66. The molecule has 4 atom stereocenters. The van der Waals surface area contributed by atoms with E-state index in [2.05, 4.69) is 64.9 Å². The first-order valence-corrected chi connectivity index (χ1v) is 14.4. The maximum Gasteiger partial charge on any atom is 0.410 e. The summed E-state index contributed by atoms with van der Waals surface area (Å²) < 4.78 is 8.26. The largest absolute Gasteiger partial charge is 0.444 e. The lowest BCUT2D eigenvalue weighted by molar-refractivity contribution is 0.0204. The Bertz CT molecular complexity index is 1330. The zero-order chi connectivity index (χ0) is 26.7. The molecule has 6 rings (SSSR count). The van der Waals surface area contributed by atoms with E-state index in [1.165, 1.54) is 29.5 Å². The van der Waals surface area contributed by atoms with Crippen molar-refractivity contribution in [1.82, 2.24) is 19.4 Å². The summed E-state index contributed by atoms with van der Waals surface area (Å²) in [7, 11) is 1.91. The minimum absolute atomic E-state index is 0.0759. The number of amides is 1. The first-order chi connectivity index (χ1) is 18.1. The van der Waals surface area contributed by atoms with Crippen molar-refractivity contribution in [3.8, 4) is 0 Å². The van der Waals surface area contributed by atoms with Gasteiger partial charge in [0, 0.05) is 43.7 Å². The lowest BCUT2D eigenvalue weighted by Crippen LogP contribution is -2.53. The number of rotatable bonds is 5. The quantitative estimate of drug-likeness (QED) is 0.403. The van der Waals surface area contributed by atoms with Crippen LogP contribution in [0, 0.1) is 6.92 Å². The minimum atomic E-state index is -0.497. The molecule has 3 aromatic rings. The first kappa shape index (κ1) is 25.4. The lowest BCUT2D eigenvalue weighted by atomic mass is 9.79. The third-order valence-electron chi connectivity index (χ3n) is 9.19. The van der Waals surface area contributed by atoms with Crippen molar-refractivity contribution in [2.75, 3.05) is 20.1 Å². The molecule has 3 aliphatic rings. The van der Waals surface area contributed by atoms with Gasteiger partial charge in [0.2, 0.25) is 0 Å². The van der Waals surface area contributed by atoms with Crippen LogP contribution in [0.25, 0.3) is 11.0 Å². The van der Waals surface area contributed by atoms with E-state index in [-0.39, 0.29) is 11.5 Å². The molecule has 2 unspecified atom stereocenters.